The van der Waals surface area contributed by atoms with Crippen molar-refractivity contribution in [3.8, 4) is 0 Å². The molecule has 12 atom stereocenters. The Morgan fingerprint density at radius 3 is 2.55 bits per heavy atom. The molecule has 1 saturated heterocycles. The van der Waals surface area contributed by atoms with Crippen LogP contribution in [0.3, 0.4) is 0 Å². The van der Waals surface area contributed by atoms with Gasteiger partial charge in [0.2, 0.25) is 0 Å². The molecule has 5 fully saturated rings. The van der Waals surface area contributed by atoms with E-state index in [0.717, 1.165) is 11.9 Å². The summed E-state index contributed by atoms with van der Waals surface area (Å²) in [6.45, 7) is 4.39. The molecule has 0 amide bonds. The molecule has 0 aromatic heterocycles. The zero-order chi connectivity index (χ0) is 20.7. The van der Waals surface area contributed by atoms with Crippen molar-refractivity contribution in [2.24, 2.45) is 29.1 Å². The Bertz CT molecular complexity index is 858. The van der Waals surface area contributed by atoms with Crippen LogP contribution in [0.5, 0.6) is 0 Å². The van der Waals surface area contributed by atoms with E-state index in [9.17, 15) is 20.1 Å². The molecule has 0 aromatic rings. The fourth-order valence-electron chi connectivity index (χ4n) is 9.20. The summed E-state index contributed by atoms with van der Waals surface area (Å²) in [4.78, 5) is 14.2. The second-order valence-electron chi connectivity index (χ2n) is 10.2. The molecule has 3 N–H and O–H groups in total. The molecule has 5 aliphatic carbocycles. The number of aliphatic hydroxyl groups is 3. The average Bonchev–Trinajstić information content (AvgIpc) is 3.07. The number of aldehydes is 1. The highest BCUT2D eigenvalue weighted by Gasteiger charge is 2.85. The first kappa shape index (κ1) is 18.7. The molecule has 0 aromatic carbocycles. The third-order valence-corrected chi connectivity index (χ3v) is 9.79. The number of aliphatic hydroxyl groups excluding tert-OH is 1. The number of hydrogen-bond acceptors (Lipinski definition) is 7. The first-order chi connectivity index (χ1) is 13.7. The Balaban J connectivity index is 1.67. The van der Waals surface area contributed by atoms with Gasteiger partial charge in [-0.2, -0.15) is 0 Å². The summed E-state index contributed by atoms with van der Waals surface area (Å²) in [6, 6.07) is -0.231. The zero-order valence-electron chi connectivity index (χ0n) is 17.0. The lowest BCUT2D eigenvalue weighted by Gasteiger charge is -2.65. The fourth-order valence-corrected chi connectivity index (χ4v) is 9.20. The summed E-state index contributed by atoms with van der Waals surface area (Å²) in [5, 5.41) is 34.9. The molecular weight excluding hydrogens is 374 g/mol. The maximum atomic E-state index is 12.2. The molecule has 7 rings (SSSR count). The van der Waals surface area contributed by atoms with E-state index in [1.807, 2.05) is 7.05 Å². The number of fused-ring (bicyclic) bond motifs is 2. The summed E-state index contributed by atoms with van der Waals surface area (Å²) in [7, 11) is 5.19. The minimum absolute atomic E-state index is 0.0481. The van der Waals surface area contributed by atoms with Crippen LogP contribution in [0, 0.1) is 29.1 Å². The van der Waals surface area contributed by atoms with Gasteiger partial charge in [-0.3, -0.25) is 9.69 Å². The van der Waals surface area contributed by atoms with Gasteiger partial charge in [-0.25, -0.2) is 0 Å². The van der Waals surface area contributed by atoms with Crippen LogP contribution in [0.15, 0.2) is 23.8 Å². The Labute approximate surface area is 170 Å². The lowest BCUT2D eigenvalue weighted by molar-refractivity contribution is -0.257. The first-order valence-corrected chi connectivity index (χ1v) is 10.5. The van der Waals surface area contributed by atoms with E-state index >= 15 is 0 Å². The molecule has 29 heavy (non-hydrogen) atoms. The molecule has 0 radical (unpaired) electrons. The van der Waals surface area contributed by atoms with Crippen molar-refractivity contribution in [2.75, 3.05) is 21.3 Å². The van der Waals surface area contributed by atoms with E-state index in [1.165, 1.54) is 7.11 Å². The number of methoxy groups -OCH3 is 2. The monoisotopic (exact) mass is 403 g/mol. The first-order valence-electron chi connectivity index (χ1n) is 10.5. The molecule has 7 aliphatic rings. The largest absolute Gasteiger partial charge is 0.390 e. The number of ether oxygens (including phenoxy) is 2. The van der Waals surface area contributed by atoms with Crippen molar-refractivity contribution in [3.63, 3.8) is 0 Å². The van der Waals surface area contributed by atoms with Crippen LogP contribution in [0.1, 0.15) is 12.8 Å². The summed E-state index contributed by atoms with van der Waals surface area (Å²) < 4.78 is 11.6. The van der Waals surface area contributed by atoms with Crippen LogP contribution in [-0.2, 0) is 14.3 Å². The molecule has 2 aliphatic heterocycles. The normalized spacial score (nSPS) is 61.8. The summed E-state index contributed by atoms with van der Waals surface area (Å²) >= 11 is 0. The molecule has 4 saturated carbocycles. The third-order valence-electron chi connectivity index (χ3n) is 9.79. The number of rotatable bonds is 3. The second-order valence-corrected chi connectivity index (χ2v) is 10.2. The van der Waals surface area contributed by atoms with E-state index < -0.39 is 34.7 Å². The van der Waals surface area contributed by atoms with Crippen LogP contribution >= 0.6 is 0 Å². The Morgan fingerprint density at radius 2 is 1.93 bits per heavy atom. The van der Waals surface area contributed by atoms with Gasteiger partial charge in [0.25, 0.3) is 0 Å². The van der Waals surface area contributed by atoms with Gasteiger partial charge in [0.15, 0.2) is 0 Å². The SMILES string of the molecule is C=C1[C@H]2C(C=O)=C[C@]34C([C@H]([C@H](OC)[C@H]13)[C@@]1(O)C[C@H](OC)[C@@]3(O)C[C@@H]4[C@@H]1[C@H]3O)N2C. The molecule has 1 unspecified atom stereocenters. The van der Waals surface area contributed by atoms with Crippen LogP contribution in [0.4, 0.5) is 0 Å². The van der Waals surface area contributed by atoms with Gasteiger partial charge in [0.1, 0.15) is 11.9 Å². The van der Waals surface area contributed by atoms with Crippen LogP contribution in [0.2, 0.25) is 0 Å². The topological polar surface area (TPSA) is 99.5 Å². The number of likely N-dealkylation sites (N-methyl/N-ethyl adjacent to an activating group) is 1. The van der Waals surface area contributed by atoms with Crippen LogP contribution in [-0.4, -0.2) is 89.4 Å². The number of hydrogen-bond donors (Lipinski definition) is 3. The van der Waals surface area contributed by atoms with Crippen molar-refractivity contribution >= 4 is 6.29 Å². The standard InChI is InChI=1S/C22H29NO6/c1-9-13-17(29-4)15-18-20(13,5-10(8-24)16(9)23(18)2)11-6-21(26)12(28-3)7-22(15,27)14(11)19(21)25/h5,8,11-19,25-27H,1,6-7H2,2-4H3/t11-,12+,13+,14-,15+,16+,17-,18?,19-,20-,21+,22-/m1/s1. The van der Waals surface area contributed by atoms with Crippen molar-refractivity contribution in [2.45, 2.75) is 54.4 Å². The number of carbonyl (C=O) groups excluding carboxylic acids is 1. The molecule has 7 nitrogen and oxygen atoms in total. The highest BCUT2D eigenvalue weighted by molar-refractivity contribution is 5.79. The van der Waals surface area contributed by atoms with E-state index in [2.05, 4.69) is 17.6 Å². The van der Waals surface area contributed by atoms with E-state index in [4.69, 9.17) is 9.47 Å². The maximum absolute atomic E-state index is 12.2. The Hall–Kier alpha value is -1.09. The minimum atomic E-state index is -1.40. The minimum Gasteiger partial charge on any atom is -0.390 e. The smallest absolute Gasteiger partial charge is 0.147 e. The number of piperidine rings is 1. The van der Waals surface area contributed by atoms with E-state index in [-0.39, 0.29) is 42.4 Å². The highest BCUT2D eigenvalue weighted by atomic mass is 16.5. The average molecular weight is 403 g/mol. The summed E-state index contributed by atoms with van der Waals surface area (Å²) in [5.41, 5.74) is -1.50. The van der Waals surface area contributed by atoms with Gasteiger partial charge < -0.3 is 24.8 Å². The number of nitrogens with zero attached hydrogens (tertiary/aromatic N) is 1. The lowest BCUT2D eigenvalue weighted by Crippen LogP contribution is -2.73. The Kier molecular flexibility index (Phi) is 3.35. The van der Waals surface area contributed by atoms with Gasteiger partial charge in [0.05, 0.1) is 30.0 Å². The predicted molar refractivity (Wildman–Crippen MR) is 102 cm³/mol. The van der Waals surface area contributed by atoms with Crippen LogP contribution in [0.25, 0.3) is 0 Å². The van der Waals surface area contributed by atoms with Gasteiger partial charge in [0, 0.05) is 55.4 Å². The molecular formula is C22H29NO6. The second kappa shape index (κ2) is 5.21. The quantitative estimate of drug-likeness (QED) is 0.432. The van der Waals surface area contributed by atoms with Crippen molar-refractivity contribution in [1.82, 2.24) is 4.90 Å². The Morgan fingerprint density at radius 1 is 1.21 bits per heavy atom. The van der Waals surface area contributed by atoms with Crippen LogP contribution < -0.4 is 0 Å². The third kappa shape index (κ3) is 1.61. The predicted octanol–water partition coefficient (Wildman–Crippen LogP) is -0.497. The summed E-state index contributed by atoms with van der Waals surface area (Å²) in [5.74, 6) is -1.02. The molecule has 7 bridgehead atoms. The maximum Gasteiger partial charge on any atom is 0.147 e. The lowest BCUT2D eigenvalue weighted by atomic mass is 9.48. The van der Waals surface area contributed by atoms with Crippen molar-refractivity contribution < 1.29 is 29.6 Å². The van der Waals surface area contributed by atoms with Gasteiger partial charge in [-0.05, 0) is 25.0 Å². The molecule has 2 heterocycles. The van der Waals surface area contributed by atoms with Gasteiger partial charge >= 0.3 is 0 Å². The molecule has 1 spiro atoms. The fraction of sp³-hybridized carbons (Fsp3) is 0.773. The van der Waals surface area contributed by atoms with E-state index in [0.29, 0.717) is 12.0 Å². The van der Waals surface area contributed by atoms with Gasteiger partial charge in [-0.1, -0.05) is 12.7 Å². The molecule has 7 heteroatoms. The van der Waals surface area contributed by atoms with Crippen molar-refractivity contribution in [1.29, 1.82) is 0 Å². The van der Waals surface area contributed by atoms with Crippen molar-refractivity contribution in [3.05, 3.63) is 23.8 Å². The molecule has 158 valence electrons. The summed E-state index contributed by atoms with van der Waals surface area (Å²) in [6.07, 6.45) is 1.57. The van der Waals surface area contributed by atoms with Gasteiger partial charge in [-0.15, -0.1) is 0 Å². The van der Waals surface area contributed by atoms with E-state index in [1.54, 1.807) is 7.11 Å². The highest BCUT2D eigenvalue weighted by Crippen LogP contribution is 2.77. The number of carbonyl (C=O) groups is 1. The zero-order valence-corrected chi connectivity index (χ0v) is 17.0.